The van der Waals surface area contributed by atoms with E-state index >= 15 is 0 Å². The Bertz CT molecular complexity index is 1710. The number of ether oxygens (including phenoxy) is 1. The van der Waals surface area contributed by atoms with Gasteiger partial charge in [-0.05, 0) is 79.6 Å². The molecule has 5 rings (SSSR count). The molecule has 42 heavy (non-hydrogen) atoms. The van der Waals surface area contributed by atoms with E-state index in [9.17, 15) is 17.6 Å². The van der Waals surface area contributed by atoms with Gasteiger partial charge in [0.2, 0.25) is 10.0 Å². The maximum atomic E-state index is 13.7. The molecule has 1 amide bonds. The maximum Gasteiger partial charge on any atom is 0.256 e. The Morgan fingerprint density at radius 3 is 2.43 bits per heavy atom. The SMILES string of the molecule is C=C(COCc1ccccc1)CN(c1cc2oc(-c3ccc(F)cc3)c(C(=O)NC(C)C)c2cc1C1CC1)S(C)(=O)=O. The van der Waals surface area contributed by atoms with Gasteiger partial charge in [0.1, 0.15) is 17.2 Å². The molecule has 7 nitrogen and oxygen atoms in total. The van der Waals surface area contributed by atoms with Crippen LogP contribution in [0.1, 0.15) is 54.1 Å². The summed E-state index contributed by atoms with van der Waals surface area (Å²) < 4.78 is 53.4. The van der Waals surface area contributed by atoms with Crippen molar-refractivity contribution in [2.24, 2.45) is 0 Å². The highest BCUT2D eigenvalue weighted by Gasteiger charge is 2.33. The first kappa shape index (κ1) is 29.5. The number of benzene rings is 3. The van der Waals surface area contributed by atoms with Crippen LogP contribution in [0, 0.1) is 5.82 Å². The summed E-state index contributed by atoms with van der Waals surface area (Å²) in [6, 6.07) is 18.9. The number of amides is 1. The highest BCUT2D eigenvalue weighted by molar-refractivity contribution is 7.92. The normalized spacial score (nSPS) is 13.5. The Balaban J connectivity index is 1.54. The lowest BCUT2D eigenvalue weighted by Gasteiger charge is -2.26. The van der Waals surface area contributed by atoms with Crippen LogP contribution in [-0.2, 0) is 21.4 Å². The van der Waals surface area contributed by atoms with E-state index < -0.39 is 15.8 Å². The number of furan rings is 1. The van der Waals surface area contributed by atoms with Crippen LogP contribution in [0.3, 0.4) is 0 Å². The van der Waals surface area contributed by atoms with E-state index in [1.807, 2.05) is 50.2 Å². The van der Waals surface area contributed by atoms with Gasteiger partial charge >= 0.3 is 0 Å². The van der Waals surface area contributed by atoms with Crippen LogP contribution < -0.4 is 9.62 Å². The molecule has 0 unspecified atom stereocenters. The van der Waals surface area contributed by atoms with Crippen molar-refractivity contribution in [3.05, 3.63) is 101 Å². The molecule has 220 valence electrons. The van der Waals surface area contributed by atoms with Gasteiger partial charge in [0, 0.05) is 23.1 Å². The van der Waals surface area contributed by atoms with Crippen molar-refractivity contribution in [2.75, 3.05) is 23.7 Å². The number of nitrogens with one attached hydrogen (secondary N) is 1. The van der Waals surface area contributed by atoms with E-state index in [0.29, 0.717) is 45.7 Å². The monoisotopic (exact) mass is 590 g/mol. The van der Waals surface area contributed by atoms with E-state index in [1.54, 1.807) is 18.2 Å². The molecule has 1 N–H and O–H groups in total. The smallest absolute Gasteiger partial charge is 0.256 e. The average Bonchev–Trinajstić information content (AvgIpc) is 3.71. The van der Waals surface area contributed by atoms with Crippen molar-refractivity contribution >= 4 is 32.6 Å². The van der Waals surface area contributed by atoms with Crippen molar-refractivity contribution in [1.82, 2.24) is 5.32 Å². The van der Waals surface area contributed by atoms with Gasteiger partial charge in [-0.2, -0.15) is 0 Å². The Morgan fingerprint density at radius 1 is 1.12 bits per heavy atom. The maximum absolute atomic E-state index is 13.7. The molecular formula is C33H35FN2O5S. The number of carbonyl (C=O) groups is 1. The van der Waals surface area contributed by atoms with E-state index in [2.05, 4.69) is 11.9 Å². The van der Waals surface area contributed by atoms with Crippen molar-refractivity contribution in [3.63, 3.8) is 0 Å². The van der Waals surface area contributed by atoms with Crippen molar-refractivity contribution in [3.8, 4) is 11.3 Å². The van der Waals surface area contributed by atoms with Crippen molar-refractivity contribution < 1.29 is 26.8 Å². The van der Waals surface area contributed by atoms with E-state index in [1.165, 1.54) is 22.7 Å². The third-order valence-corrected chi connectivity index (χ3v) is 8.19. The standard InChI is InChI=1S/C33H35FN2O5S/c1-21(2)35-33(37)31-28-16-27(24-10-11-24)29(17-30(28)41-32(31)25-12-14-26(34)15-13-25)36(42(4,38)39)18-22(3)19-40-20-23-8-6-5-7-9-23/h5-9,12-17,21,24H,3,10-11,18-20H2,1-2,4H3,(H,35,37). The van der Waals surface area contributed by atoms with E-state index in [-0.39, 0.29) is 31.0 Å². The van der Waals surface area contributed by atoms with Crippen LogP contribution >= 0.6 is 0 Å². The van der Waals surface area contributed by atoms with E-state index in [4.69, 9.17) is 9.15 Å². The summed E-state index contributed by atoms with van der Waals surface area (Å²) in [6.45, 7) is 8.44. The number of sulfonamides is 1. The minimum absolute atomic E-state index is 0.0328. The van der Waals surface area contributed by atoms with Crippen molar-refractivity contribution in [2.45, 2.75) is 45.3 Å². The van der Waals surface area contributed by atoms with Gasteiger partial charge in [0.05, 0.1) is 37.3 Å². The Labute approximate surface area is 246 Å². The topological polar surface area (TPSA) is 88.8 Å². The number of anilines is 1. The lowest BCUT2D eigenvalue weighted by molar-refractivity contribution is 0.0944. The summed E-state index contributed by atoms with van der Waals surface area (Å²) in [4.78, 5) is 13.4. The fraction of sp³-hybridized carbons (Fsp3) is 0.303. The summed E-state index contributed by atoms with van der Waals surface area (Å²) >= 11 is 0. The Morgan fingerprint density at radius 2 is 1.81 bits per heavy atom. The molecule has 0 bridgehead atoms. The molecule has 1 saturated carbocycles. The zero-order valence-corrected chi connectivity index (χ0v) is 24.8. The number of hydrogen-bond donors (Lipinski definition) is 1. The quantitative estimate of drug-likeness (QED) is 0.184. The Kier molecular flexibility index (Phi) is 8.52. The lowest BCUT2D eigenvalue weighted by Crippen LogP contribution is -2.33. The first-order valence-electron chi connectivity index (χ1n) is 13.9. The number of halogens is 1. The van der Waals surface area contributed by atoms with Crippen LogP contribution in [0.15, 0.2) is 83.3 Å². The predicted molar refractivity (Wildman–Crippen MR) is 164 cm³/mol. The van der Waals surface area contributed by atoms with Crippen LogP contribution in [0.5, 0.6) is 0 Å². The lowest BCUT2D eigenvalue weighted by atomic mass is 10.00. The third-order valence-electron chi connectivity index (χ3n) is 7.06. The summed E-state index contributed by atoms with van der Waals surface area (Å²) in [7, 11) is -3.73. The zero-order valence-electron chi connectivity index (χ0n) is 24.0. The van der Waals surface area contributed by atoms with Gasteiger partial charge in [-0.3, -0.25) is 9.10 Å². The van der Waals surface area contributed by atoms with Crippen LogP contribution in [0.2, 0.25) is 0 Å². The second-order valence-electron chi connectivity index (χ2n) is 11.1. The first-order valence-corrected chi connectivity index (χ1v) is 15.8. The second-order valence-corrected chi connectivity index (χ2v) is 13.0. The van der Waals surface area contributed by atoms with Gasteiger partial charge < -0.3 is 14.5 Å². The fourth-order valence-electron chi connectivity index (χ4n) is 4.97. The number of nitrogens with zero attached hydrogens (tertiary/aromatic N) is 1. The van der Waals surface area contributed by atoms with Crippen LogP contribution in [0.25, 0.3) is 22.3 Å². The fourth-order valence-corrected chi connectivity index (χ4v) is 5.90. The molecule has 0 saturated heterocycles. The number of carbonyl (C=O) groups excluding carboxylic acids is 1. The molecule has 9 heteroatoms. The molecule has 0 atom stereocenters. The molecule has 1 heterocycles. The summed E-state index contributed by atoms with van der Waals surface area (Å²) in [5.74, 6) is -0.271. The Hall–Kier alpha value is -3.95. The number of hydrogen-bond acceptors (Lipinski definition) is 5. The summed E-state index contributed by atoms with van der Waals surface area (Å²) in [5.41, 5.74) is 4.17. The molecule has 3 aromatic carbocycles. The summed E-state index contributed by atoms with van der Waals surface area (Å²) in [6.07, 6.45) is 2.99. The summed E-state index contributed by atoms with van der Waals surface area (Å²) in [5, 5.41) is 3.52. The number of rotatable bonds is 12. The van der Waals surface area contributed by atoms with E-state index in [0.717, 1.165) is 24.0 Å². The minimum atomic E-state index is -3.73. The second kappa shape index (κ2) is 12.1. The minimum Gasteiger partial charge on any atom is -0.455 e. The van der Waals surface area contributed by atoms with Gasteiger partial charge in [-0.1, -0.05) is 36.9 Å². The van der Waals surface area contributed by atoms with Crippen LogP contribution in [0.4, 0.5) is 10.1 Å². The van der Waals surface area contributed by atoms with Crippen LogP contribution in [-0.4, -0.2) is 39.8 Å². The predicted octanol–water partition coefficient (Wildman–Crippen LogP) is 6.79. The molecule has 0 radical (unpaired) electrons. The molecule has 1 fully saturated rings. The molecule has 1 aliphatic carbocycles. The first-order chi connectivity index (χ1) is 20.0. The van der Waals surface area contributed by atoms with Gasteiger partial charge in [-0.15, -0.1) is 0 Å². The average molecular weight is 591 g/mol. The molecule has 0 spiro atoms. The molecular weight excluding hydrogens is 555 g/mol. The van der Waals surface area contributed by atoms with Gasteiger partial charge in [0.15, 0.2) is 0 Å². The third kappa shape index (κ3) is 6.74. The zero-order chi connectivity index (χ0) is 30.0. The molecule has 1 aromatic heterocycles. The largest absolute Gasteiger partial charge is 0.455 e. The number of fused-ring (bicyclic) bond motifs is 1. The molecule has 1 aliphatic rings. The molecule has 0 aliphatic heterocycles. The van der Waals surface area contributed by atoms with Crippen molar-refractivity contribution in [1.29, 1.82) is 0 Å². The highest BCUT2D eigenvalue weighted by Crippen LogP contribution is 2.48. The van der Waals surface area contributed by atoms with Gasteiger partial charge in [0.25, 0.3) is 5.91 Å². The highest BCUT2D eigenvalue weighted by atomic mass is 32.2. The van der Waals surface area contributed by atoms with Gasteiger partial charge in [-0.25, -0.2) is 12.8 Å². The molecule has 4 aromatic rings.